The van der Waals surface area contributed by atoms with Crippen molar-refractivity contribution in [1.29, 1.82) is 0 Å². The van der Waals surface area contributed by atoms with E-state index in [4.69, 9.17) is 9.47 Å². The van der Waals surface area contributed by atoms with Crippen LogP contribution in [0.15, 0.2) is 0 Å². The van der Waals surface area contributed by atoms with Gasteiger partial charge < -0.3 is 14.4 Å². The average Bonchev–Trinajstić information content (AvgIpc) is 2.71. The van der Waals surface area contributed by atoms with E-state index in [1.165, 1.54) is 0 Å². The van der Waals surface area contributed by atoms with Crippen molar-refractivity contribution in [1.82, 2.24) is 4.90 Å². The van der Waals surface area contributed by atoms with Crippen LogP contribution in [0.1, 0.15) is 60.8 Å². The molecule has 0 aromatic rings. The topological polar surface area (TPSA) is 38.8 Å². The maximum Gasteiger partial charge on any atom is 0.410 e. The summed E-state index contributed by atoms with van der Waals surface area (Å²) in [6, 6.07) is 0. The van der Waals surface area contributed by atoms with Crippen molar-refractivity contribution in [2.75, 3.05) is 19.7 Å². The summed E-state index contributed by atoms with van der Waals surface area (Å²) < 4.78 is 11.5. The largest absolute Gasteiger partial charge is 0.444 e. The number of rotatable bonds is 5. The lowest BCUT2D eigenvalue weighted by Crippen LogP contribution is -2.40. The Morgan fingerprint density at radius 3 is 2.50 bits per heavy atom. The Kier molecular flexibility index (Phi) is 5.87. The van der Waals surface area contributed by atoms with E-state index in [1.54, 1.807) is 4.90 Å². The van der Waals surface area contributed by atoms with E-state index < -0.39 is 5.60 Å². The highest BCUT2D eigenvalue weighted by molar-refractivity contribution is 5.68. The van der Waals surface area contributed by atoms with Crippen LogP contribution in [0.25, 0.3) is 0 Å². The molecule has 0 aromatic carbocycles. The molecular weight excluding hydrogens is 254 g/mol. The molecule has 1 heterocycles. The Bertz CT molecular complexity index is 322. The first-order valence-electron chi connectivity index (χ1n) is 7.79. The van der Waals surface area contributed by atoms with Gasteiger partial charge in [0.25, 0.3) is 0 Å². The Labute approximate surface area is 123 Å². The number of carbonyl (C=O) groups excluding carboxylic acids is 1. The quantitative estimate of drug-likeness (QED) is 0.770. The molecule has 4 nitrogen and oxygen atoms in total. The number of likely N-dealkylation sites (tertiary alicyclic amines) is 1. The van der Waals surface area contributed by atoms with Gasteiger partial charge in [-0.25, -0.2) is 4.79 Å². The van der Waals surface area contributed by atoms with E-state index in [1.807, 2.05) is 20.8 Å². The van der Waals surface area contributed by atoms with Gasteiger partial charge in [-0.15, -0.1) is 0 Å². The van der Waals surface area contributed by atoms with Gasteiger partial charge in [0.05, 0.1) is 12.1 Å². The first-order valence-corrected chi connectivity index (χ1v) is 7.79. The van der Waals surface area contributed by atoms with Crippen LogP contribution >= 0.6 is 0 Å². The zero-order chi connectivity index (χ0) is 15.4. The molecule has 1 fully saturated rings. The Balaban J connectivity index is 2.51. The molecule has 1 amide bonds. The molecule has 20 heavy (non-hydrogen) atoms. The third-order valence-electron chi connectivity index (χ3n) is 3.72. The van der Waals surface area contributed by atoms with Gasteiger partial charge in [0, 0.05) is 13.2 Å². The predicted molar refractivity (Wildman–Crippen MR) is 80.9 cm³/mol. The summed E-state index contributed by atoms with van der Waals surface area (Å²) in [6.45, 7) is 14.4. The van der Waals surface area contributed by atoms with Gasteiger partial charge in [0.2, 0.25) is 0 Å². The fraction of sp³-hybridized carbons (Fsp3) is 0.938. The van der Waals surface area contributed by atoms with E-state index in [9.17, 15) is 4.79 Å². The molecule has 0 N–H and O–H groups in total. The zero-order valence-electron chi connectivity index (χ0n) is 14.0. The lowest BCUT2D eigenvalue weighted by molar-refractivity contribution is -0.0460. The molecule has 4 heteroatoms. The summed E-state index contributed by atoms with van der Waals surface area (Å²) in [5.41, 5.74) is -0.612. The van der Waals surface area contributed by atoms with Crippen LogP contribution in [0, 0.1) is 5.92 Å². The average molecular weight is 285 g/mol. The van der Waals surface area contributed by atoms with Gasteiger partial charge in [-0.1, -0.05) is 20.8 Å². The van der Waals surface area contributed by atoms with Crippen molar-refractivity contribution in [3.8, 4) is 0 Å². The summed E-state index contributed by atoms with van der Waals surface area (Å²) in [6.07, 6.45) is 2.68. The van der Waals surface area contributed by atoms with Gasteiger partial charge in [0.1, 0.15) is 5.60 Å². The van der Waals surface area contributed by atoms with Crippen LogP contribution in [0.5, 0.6) is 0 Å². The smallest absolute Gasteiger partial charge is 0.410 e. The highest BCUT2D eigenvalue weighted by atomic mass is 16.6. The molecule has 0 radical (unpaired) electrons. The molecule has 1 atom stereocenters. The van der Waals surface area contributed by atoms with E-state index in [2.05, 4.69) is 20.8 Å². The molecule has 118 valence electrons. The highest BCUT2D eigenvalue weighted by Crippen LogP contribution is 2.30. The van der Waals surface area contributed by atoms with Crippen molar-refractivity contribution < 1.29 is 14.3 Å². The summed E-state index contributed by atoms with van der Waals surface area (Å²) in [5, 5.41) is 0. The van der Waals surface area contributed by atoms with E-state index in [0.29, 0.717) is 12.5 Å². The van der Waals surface area contributed by atoms with Crippen molar-refractivity contribution >= 4 is 6.09 Å². The molecule has 0 saturated carbocycles. The van der Waals surface area contributed by atoms with Crippen molar-refractivity contribution in [3.63, 3.8) is 0 Å². The van der Waals surface area contributed by atoms with Crippen LogP contribution in [-0.2, 0) is 9.47 Å². The van der Waals surface area contributed by atoms with Gasteiger partial charge >= 0.3 is 6.09 Å². The predicted octanol–water partition coefficient (Wildman–Crippen LogP) is 3.84. The molecule has 1 aliphatic heterocycles. The van der Waals surface area contributed by atoms with Gasteiger partial charge in [-0.05, 0) is 46.0 Å². The molecule has 0 aliphatic carbocycles. The molecule has 0 spiro atoms. The van der Waals surface area contributed by atoms with Crippen LogP contribution in [0.2, 0.25) is 0 Å². The molecular formula is C16H31NO3. The second-order valence-corrected chi connectivity index (χ2v) is 7.22. The van der Waals surface area contributed by atoms with Crippen LogP contribution in [0.3, 0.4) is 0 Å². The summed E-state index contributed by atoms with van der Waals surface area (Å²) in [5.74, 6) is 0.646. The summed E-state index contributed by atoms with van der Waals surface area (Å²) in [4.78, 5) is 13.9. The third kappa shape index (κ3) is 5.31. The van der Waals surface area contributed by atoms with E-state index in [0.717, 1.165) is 32.4 Å². The van der Waals surface area contributed by atoms with Crippen LogP contribution in [-0.4, -0.2) is 41.9 Å². The zero-order valence-corrected chi connectivity index (χ0v) is 14.0. The maximum atomic E-state index is 12.1. The number of ether oxygens (including phenoxy) is 2. The number of carbonyl (C=O) groups is 1. The van der Waals surface area contributed by atoms with Crippen LogP contribution in [0.4, 0.5) is 4.79 Å². The Hall–Kier alpha value is -0.770. The second kappa shape index (κ2) is 6.79. The Morgan fingerprint density at radius 1 is 1.35 bits per heavy atom. The number of hydrogen-bond donors (Lipinski definition) is 0. The number of amides is 1. The second-order valence-electron chi connectivity index (χ2n) is 7.22. The normalized spacial score (nSPS) is 23.4. The maximum absolute atomic E-state index is 12.1. The number of nitrogens with zero attached hydrogens (tertiary/aromatic N) is 1. The lowest BCUT2D eigenvalue weighted by atomic mass is 9.99. The van der Waals surface area contributed by atoms with Crippen molar-refractivity contribution in [2.24, 2.45) is 5.92 Å². The molecule has 1 aliphatic rings. The SMILES string of the molecule is CCC1(OCCC(C)C)CCN(C(=O)OC(C)(C)C)C1. The monoisotopic (exact) mass is 285 g/mol. The molecule has 1 rings (SSSR count). The van der Waals surface area contributed by atoms with Gasteiger partial charge in [-0.2, -0.15) is 0 Å². The van der Waals surface area contributed by atoms with E-state index in [-0.39, 0.29) is 11.7 Å². The molecule has 0 aromatic heterocycles. The lowest BCUT2D eigenvalue weighted by Gasteiger charge is -2.29. The minimum atomic E-state index is -0.437. The first kappa shape index (κ1) is 17.3. The summed E-state index contributed by atoms with van der Waals surface area (Å²) in [7, 11) is 0. The fourth-order valence-corrected chi connectivity index (χ4v) is 2.35. The molecule has 1 saturated heterocycles. The van der Waals surface area contributed by atoms with Gasteiger partial charge in [0.15, 0.2) is 0 Å². The highest BCUT2D eigenvalue weighted by Gasteiger charge is 2.40. The summed E-state index contributed by atoms with van der Waals surface area (Å²) >= 11 is 0. The Morgan fingerprint density at radius 2 is 2.00 bits per heavy atom. The van der Waals surface area contributed by atoms with Crippen molar-refractivity contribution in [2.45, 2.75) is 72.0 Å². The molecule has 1 unspecified atom stereocenters. The number of hydrogen-bond acceptors (Lipinski definition) is 3. The fourth-order valence-electron chi connectivity index (χ4n) is 2.35. The molecule has 0 bridgehead atoms. The van der Waals surface area contributed by atoms with Gasteiger partial charge in [-0.3, -0.25) is 0 Å². The first-order chi connectivity index (χ1) is 9.17. The van der Waals surface area contributed by atoms with E-state index >= 15 is 0 Å². The van der Waals surface area contributed by atoms with Crippen molar-refractivity contribution in [3.05, 3.63) is 0 Å². The van der Waals surface area contributed by atoms with Crippen LogP contribution < -0.4 is 0 Å². The third-order valence-corrected chi connectivity index (χ3v) is 3.72. The standard InChI is InChI=1S/C16H31NO3/c1-7-16(19-11-8-13(2)3)9-10-17(12-16)14(18)20-15(4,5)6/h13H,7-12H2,1-6H3. The minimum absolute atomic E-state index is 0.175. The minimum Gasteiger partial charge on any atom is -0.444 e.